The molecule has 0 spiro atoms. The zero-order valence-corrected chi connectivity index (χ0v) is 24.7. The molecule has 1 aromatic heterocycles. The van der Waals surface area contributed by atoms with Crippen LogP contribution in [0.5, 0.6) is 11.5 Å². The minimum atomic E-state index is -0.0797. The van der Waals surface area contributed by atoms with E-state index in [2.05, 4.69) is 36.2 Å². The molecule has 1 heterocycles. The number of carbonyl (C=O) groups excluding carboxylic acids is 1. The smallest absolute Gasteiger partial charge is 0.233 e. The highest BCUT2D eigenvalue weighted by Gasteiger charge is 2.12. The van der Waals surface area contributed by atoms with Crippen LogP contribution in [0.3, 0.4) is 0 Å². The molecule has 0 unspecified atom stereocenters. The number of nitrogens with one attached hydrogen (secondary N) is 4. The Morgan fingerprint density at radius 2 is 1.60 bits per heavy atom. The summed E-state index contributed by atoms with van der Waals surface area (Å²) in [5.41, 5.74) is 7.90. The first-order valence-electron chi connectivity index (χ1n) is 13.9. The summed E-state index contributed by atoms with van der Waals surface area (Å²) in [4.78, 5) is 25.8. The SMILES string of the molecule is COc1cccc(CNc2nc(Nc3ccc(CC(=O)NCCOCCOCCN)cc3)nc(NC(C)C)n2)c1OC. The number of aromatic nitrogens is 3. The molecule has 6 N–H and O–H groups in total. The molecule has 0 bridgehead atoms. The van der Waals surface area contributed by atoms with E-state index < -0.39 is 0 Å². The molecule has 0 saturated carbocycles. The molecule has 0 aliphatic carbocycles. The van der Waals surface area contributed by atoms with Gasteiger partial charge >= 0.3 is 0 Å². The molecule has 13 nitrogen and oxygen atoms in total. The summed E-state index contributed by atoms with van der Waals surface area (Å²) in [6.45, 7) is 7.24. The zero-order chi connectivity index (χ0) is 30.2. The second-order valence-corrected chi connectivity index (χ2v) is 9.47. The predicted octanol–water partition coefficient (Wildman–Crippen LogP) is 2.72. The van der Waals surface area contributed by atoms with Gasteiger partial charge in [-0.1, -0.05) is 24.3 Å². The summed E-state index contributed by atoms with van der Waals surface area (Å²) in [6, 6.07) is 13.3. The van der Waals surface area contributed by atoms with Gasteiger partial charge in [-0.15, -0.1) is 0 Å². The Morgan fingerprint density at radius 1 is 0.881 bits per heavy atom. The number of hydrogen-bond acceptors (Lipinski definition) is 12. The van der Waals surface area contributed by atoms with Crippen molar-refractivity contribution in [1.82, 2.24) is 20.3 Å². The lowest BCUT2D eigenvalue weighted by Gasteiger charge is -2.15. The van der Waals surface area contributed by atoms with Crippen molar-refractivity contribution in [2.45, 2.75) is 32.9 Å². The Kier molecular flexibility index (Phi) is 13.5. The van der Waals surface area contributed by atoms with Crippen molar-refractivity contribution in [1.29, 1.82) is 0 Å². The quantitative estimate of drug-likeness (QED) is 0.131. The number of carbonyl (C=O) groups is 1. The van der Waals surface area contributed by atoms with E-state index in [1.165, 1.54) is 0 Å². The number of para-hydroxylation sites is 1. The maximum atomic E-state index is 12.3. The van der Waals surface area contributed by atoms with Crippen LogP contribution in [0.2, 0.25) is 0 Å². The molecular formula is C29H42N8O5. The van der Waals surface area contributed by atoms with Gasteiger partial charge in [0.25, 0.3) is 0 Å². The molecule has 42 heavy (non-hydrogen) atoms. The number of nitrogens with zero attached hydrogens (tertiary/aromatic N) is 3. The lowest BCUT2D eigenvalue weighted by molar-refractivity contribution is -0.120. The van der Waals surface area contributed by atoms with E-state index in [1.54, 1.807) is 14.2 Å². The van der Waals surface area contributed by atoms with E-state index in [-0.39, 0.29) is 18.4 Å². The second-order valence-electron chi connectivity index (χ2n) is 9.47. The molecule has 228 valence electrons. The molecule has 3 rings (SSSR count). The fraction of sp³-hybridized carbons (Fsp3) is 0.448. The number of anilines is 4. The molecule has 0 fully saturated rings. The molecule has 1 amide bonds. The zero-order valence-electron chi connectivity index (χ0n) is 24.7. The van der Waals surface area contributed by atoms with Crippen molar-refractivity contribution in [3.63, 3.8) is 0 Å². The minimum absolute atomic E-state index is 0.0797. The predicted molar refractivity (Wildman–Crippen MR) is 163 cm³/mol. The number of methoxy groups -OCH3 is 2. The number of hydrogen-bond donors (Lipinski definition) is 5. The third-order valence-corrected chi connectivity index (χ3v) is 5.75. The fourth-order valence-corrected chi connectivity index (χ4v) is 3.85. The Hall–Kier alpha value is -4.20. The molecular weight excluding hydrogens is 540 g/mol. The maximum Gasteiger partial charge on any atom is 0.233 e. The summed E-state index contributed by atoms with van der Waals surface area (Å²) >= 11 is 0. The van der Waals surface area contributed by atoms with Gasteiger partial charge in [-0.2, -0.15) is 15.0 Å². The molecule has 0 aliphatic heterocycles. The largest absolute Gasteiger partial charge is 0.493 e. The standard InChI is InChI=1S/C29H42N8O5/c1-20(2)33-28-35-27(32-19-22-6-5-7-24(39-3)26(22)40-4)36-29(37-28)34-23-10-8-21(9-11-23)18-25(38)31-13-15-42-17-16-41-14-12-30/h5-11,20H,12-19,30H2,1-4H3,(H,31,38)(H3,32,33,34,35,36,37). The maximum absolute atomic E-state index is 12.3. The third-order valence-electron chi connectivity index (χ3n) is 5.75. The van der Waals surface area contributed by atoms with E-state index in [9.17, 15) is 4.79 Å². The summed E-state index contributed by atoms with van der Waals surface area (Å²) < 4.78 is 21.6. The van der Waals surface area contributed by atoms with Crippen LogP contribution in [0.15, 0.2) is 42.5 Å². The van der Waals surface area contributed by atoms with Crippen LogP contribution in [0, 0.1) is 0 Å². The van der Waals surface area contributed by atoms with Crippen LogP contribution >= 0.6 is 0 Å². The van der Waals surface area contributed by atoms with Gasteiger partial charge in [-0.25, -0.2) is 0 Å². The van der Waals surface area contributed by atoms with Gasteiger partial charge in [0.15, 0.2) is 11.5 Å². The Morgan fingerprint density at radius 3 is 2.29 bits per heavy atom. The van der Waals surface area contributed by atoms with Crippen LogP contribution < -0.4 is 36.5 Å². The van der Waals surface area contributed by atoms with Gasteiger partial charge in [0, 0.05) is 36.9 Å². The fourth-order valence-electron chi connectivity index (χ4n) is 3.85. The summed E-state index contributed by atoms with van der Waals surface area (Å²) in [5, 5.41) is 12.6. The molecule has 3 aromatic rings. The van der Waals surface area contributed by atoms with Crippen LogP contribution in [0.25, 0.3) is 0 Å². The first-order valence-corrected chi connectivity index (χ1v) is 13.9. The molecule has 0 atom stereocenters. The van der Waals surface area contributed by atoms with Crippen molar-refractivity contribution in [2.75, 3.05) is 69.7 Å². The number of amides is 1. The van der Waals surface area contributed by atoms with Crippen molar-refractivity contribution in [2.24, 2.45) is 5.73 Å². The van der Waals surface area contributed by atoms with E-state index in [0.29, 0.717) is 75.4 Å². The lowest BCUT2D eigenvalue weighted by Crippen LogP contribution is -2.29. The van der Waals surface area contributed by atoms with Crippen LogP contribution in [-0.4, -0.2) is 80.6 Å². The van der Waals surface area contributed by atoms with Gasteiger partial charge in [0.1, 0.15) is 0 Å². The van der Waals surface area contributed by atoms with Crippen molar-refractivity contribution in [3.8, 4) is 11.5 Å². The highest BCUT2D eigenvalue weighted by atomic mass is 16.5. The first-order chi connectivity index (χ1) is 20.4. The van der Waals surface area contributed by atoms with Gasteiger partial charge < -0.3 is 45.9 Å². The van der Waals surface area contributed by atoms with Gasteiger partial charge in [0.05, 0.1) is 47.1 Å². The molecule has 13 heteroatoms. The molecule has 0 radical (unpaired) electrons. The van der Waals surface area contributed by atoms with Gasteiger partial charge in [0.2, 0.25) is 23.8 Å². The summed E-state index contributed by atoms with van der Waals surface area (Å²) in [6.07, 6.45) is 0.260. The Bertz CT molecular complexity index is 1240. The number of nitrogens with two attached hydrogens (primary N) is 1. The van der Waals surface area contributed by atoms with Gasteiger partial charge in [-0.3, -0.25) is 4.79 Å². The second kappa shape index (κ2) is 17.6. The molecule has 0 aliphatic rings. The Balaban J connectivity index is 1.57. The van der Waals surface area contributed by atoms with E-state index in [4.69, 9.17) is 24.7 Å². The van der Waals surface area contributed by atoms with Crippen LogP contribution in [0.1, 0.15) is 25.0 Å². The van der Waals surface area contributed by atoms with E-state index in [1.807, 2.05) is 56.3 Å². The summed E-state index contributed by atoms with van der Waals surface area (Å²) in [7, 11) is 3.21. The normalized spacial score (nSPS) is 10.8. The Labute approximate surface area is 246 Å². The van der Waals surface area contributed by atoms with Crippen molar-refractivity contribution < 1.29 is 23.7 Å². The highest BCUT2D eigenvalue weighted by Crippen LogP contribution is 2.31. The van der Waals surface area contributed by atoms with Crippen molar-refractivity contribution >= 4 is 29.4 Å². The van der Waals surface area contributed by atoms with E-state index in [0.717, 1.165) is 16.8 Å². The monoisotopic (exact) mass is 582 g/mol. The van der Waals surface area contributed by atoms with Crippen LogP contribution in [-0.2, 0) is 27.2 Å². The van der Waals surface area contributed by atoms with Gasteiger partial charge in [-0.05, 0) is 37.6 Å². The average molecular weight is 583 g/mol. The lowest BCUT2D eigenvalue weighted by atomic mass is 10.1. The van der Waals surface area contributed by atoms with Crippen molar-refractivity contribution in [3.05, 3.63) is 53.6 Å². The first kappa shape index (κ1) is 32.3. The number of ether oxygens (including phenoxy) is 4. The summed E-state index contributed by atoms with van der Waals surface area (Å²) in [5.74, 6) is 2.40. The van der Waals surface area contributed by atoms with E-state index >= 15 is 0 Å². The number of rotatable bonds is 19. The third kappa shape index (κ3) is 11.0. The minimum Gasteiger partial charge on any atom is -0.493 e. The average Bonchev–Trinajstić information content (AvgIpc) is 2.97. The number of benzene rings is 2. The van der Waals surface area contributed by atoms with Crippen LogP contribution in [0.4, 0.5) is 23.5 Å². The topological polar surface area (TPSA) is 167 Å². The highest BCUT2D eigenvalue weighted by molar-refractivity contribution is 5.78. The molecule has 0 saturated heterocycles. The molecule has 2 aromatic carbocycles.